The van der Waals surface area contributed by atoms with Crippen LogP contribution in [0.5, 0.6) is 0 Å². The molecule has 2 heterocycles. The maximum atomic E-state index is 7.09. The van der Waals surface area contributed by atoms with Gasteiger partial charge >= 0.3 is 0 Å². The van der Waals surface area contributed by atoms with Crippen LogP contribution in [0.1, 0.15) is 0 Å². The zero-order chi connectivity index (χ0) is 39.5. The van der Waals surface area contributed by atoms with E-state index in [0.717, 1.165) is 70.3 Å². The molecule has 11 aromatic rings. The number of anilines is 3. The molecule has 0 aliphatic carbocycles. The molecule has 0 aliphatic rings. The van der Waals surface area contributed by atoms with Crippen molar-refractivity contribution in [3.8, 4) is 39.1 Å². The second-order valence-electron chi connectivity index (χ2n) is 14.8. The predicted octanol–water partition coefficient (Wildman–Crippen LogP) is 16.7. The number of hydrogen-bond donors (Lipinski definition) is 0. The van der Waals surface area contributed by atoms with Crippen molar-refractivity contribution in [1.82, 2.24) is 4.57 Å². The Morgan fingerprint density at radius 1 is 0.390 bits per heavy atom. The number of aromatic nitrogens is 1. The number of para-hydroxylation sites is 3. The molecule has 2 aromatic heterocycles. The molecule has 11 rings (SSSR count). The Morgan fingerprint density at radius 3 is 1.66 bits per heavy atom. The fourth-order valence-electron chi connectivity index (χ4n) is 8.57. The van der Waals surface area contributed by atoms with Crippen LogP contribution in [0.15, 0.2) is 220 Å². The molecule has 0 spiro atoms. The zero-order valence-corrected chi connectivity index (χ0v) is 34.9. The maximum Gasteiger partial charge on any atom is 0.160 e. The van der Waals surface area contributed by atoms with Crippen LogP contribution < -0.4 is 4.90 Å². The first kappa shape index (κ1) is 35.5. The van der Waals surface area contributed by atoms with E-state index in [1.165, 1.54) is 38.5 Å². The molecule has 0 amide bonds. The number of halogens is 2. The van der Waals surface area contributed by atoms with Crippen molar-refractivity contribution in [1.29, 1.82) is 0 Å². The second kappa shape index (κ2) is 14.6. The Morgan fingerprint density at radius 2 is 0.915 bits per heavy atom. The van der Waals surface area contributed by atoms with E-state index in [1.54, 1.807) is 0 Å². The van der Waals surface area contributed by atoms with Crippen LogP contribution in [0.3, 0.4) is 0 Å². The number of rotatable bonds is 7. The van der Waals surface area contributed by atoms with Gasteiger partial charge in [0.1, 0.15) is 5.58 Å². The van der Waals surface area contributed by atoms with E-state index in [9.17, 15) is 0 Å². The van der Waals surface area contributed by atoms with Gasteiger partial charge in [-0.15, -0.1) is 0 Å². The highest BCUT2D eigenvalue weighted by atomic mass is 79.9. The molecule has 0 unspecified atom stereocenters. The van der Waals surface area contributed by atoms with E-state index < -0.39 is 0 Å². The Bertz CT molecular complexity index is 3320. The lowest BCUT2D eigenvalue weighted by Gasteiger charge is -2.26. The molecule has 0 saturated heterocycles. The maximum absolute atomic E-state index is 7.09. The lowest BCUT2D eigenvalue weighted by atomic mass is 9.98. The van der Waals surface area contributed by atoms with Gasteiger partial charge in [-0.05, 0) is 107 Å². The van der Waals surface area contributed by atoms with Crippen molar-refractivity contribution in [2.24, 2.45) is 0 Å². The summed E-state index contributed by atoms with van der Waals surface area (Å²) in [5.41, 5.74) is 15.0. The smallest absolute Gasteiger partial charge is 0.160 e. The van der Waals surface area contributed by atoms with Crippen molar-refractivity contribution >= 4 is 92.7 Å². The average Bonchev–Trinajstić information content (AvgIpc) is 3.87. The van der Waals surface area contributed by atoms with Crippen LogP contribution in [0.4, 0.5) is 17.1 Å². The lowest BCUT2D eigenvalue weighted by molar-refractivity contribution is 0.670. The van der Waals surface area contributed by atoms with Gasteiger partial charge in [0, 0.05) is 53.1 Å². The van der Waals surface area contributed by atoms with E-state index in [1.807, 2.05) is 6.07 Å². The van der Waals surface area contributed by atoms with Gasteiger partial charge in [0.15, 0.2) is 5.58 Å². The highest BCUT2D eigenvalue weighted by Gasteiger charge is 2.24. The molecule has 3 nitrogen and oxygen atoms in total. The predicted molar refractivity (Wildman–Crippen MR) is 254 cm³/mol. The molecular weight excluding hydrogens is 852 g/mol. The van der Waals surface area contributed by atoms with E-state index in [4.69, 9.17) is 4.42 Å². The zero-order valence-electron chi connectivity index (χ0n) is 31.7. The summed E-state index contributed by atoms with van der Waals surface area (Å²) in [4.78, 5) is 2.28. The quantitative estimate of drug-likeness (QED) is 0.159. The summed E-state index contributed by atoms with van der Waals surface area (Å²) in [6.45, 7) is 0. The van der Waals surface area contributed by atoms with Crippen molar-refractivity contribution < 1.29 is 4.42 Å². The Balaban J connectivity index is 1.02. The number of fused-ring (bicyclic) bond motifs is 6. The molecule has 280 valence electrons. The number of hydrogen-bond acceptors (Lipinski definition) is 2. The van der Waals surface area contributed by atoms with E-state index in [-0.39, 0.29) is 0 Å². The number of benzene rings is 9. The standard InChI is InChI=1S/C54H34Br2N2O/c55-46-30-29-43(38-22-20-37(21-23-38)39-26-32-49-45(34-39)44-18-10-11-19-48(44)58(49)41-16-8-3-9-17-41)53-51(46)52-47(56)31-33-50(54(52)59-53)57(40-14-6-2-7-15-40)42-27-24-36(25-28-42)35-12-4-1-5-13-35/h1-34H. The molecular formula is C54H34Br2N2O. The first-order chi connectivity index (χ1) is 29.1. The highest BCUT2D eigenvalue weighted by molar-refractivity contribution is 9.11. The summed E-state index contributed by atoms with van der Waals surface area (Å²) in [7, 11) is 0. The molecule has 5 heteroatoms. The van der Waals surface area contributed by atoms with Gasteiger partial charge in [-0.3, -0.25) is 0 Å². The molecule has 9 aromatic carbocycles. The SMILES string of the molecule is Brc1ccc(-c2ccc(-c3ccc4c(c3)c3ccccc3n4-c3ccccc3)cc2)c2oc3c(N(c4ccccc4)c4ccc(-c5ccccc5)cc4)ccc(Br)c3c12. The normalized spacial score (nSPS) is 11.6. The molecule has 0 saturated carbocycles. The number of furan rings is 1. The summed E-state index contributed by atoms with van der Waals surface area (Å²) in [5, 5.41) is 4.53. The second-order valence-corrected chi connectivity index (χ2v) is 16.5. The van der Waals surface area contributed by atoms with Crippen molar-refractivity contribution in [2.45, 2.75) is 0 Å². The summed E-state index contributed by atoms with van der Waals surface area (Å²) < 4.78 is 11.4. The minimum Gasteiger partial charge on any atom is -0.453 e. The van der Waals surface area contributed by atoms with Gasteiger partial charge in [0.05, 0.1) is 16.7 Å². The third kappa shape index (κ3) is 6.08. The monoisotopic (exact) mass is 884 g/mol. The molecule has 0 radical (unpaired) electrons. The fraction of sp³-hybridized carbons (Fsp3) is 0. The van der Waals surface area contributed by atoms with Crippen LogP contribution in [0, 0.1) is 0 Å². The Labute approximate surface area is 358 Å². The summed E-state index contributed by atoms with van der Waals surface area (Å²) in [5.74, 6) is 0. The summed E-state index contributed by atoms with van der Waals surface area (Å²) in [6.07, 6.45) is 0. The molecule has 0 N–H and O–H groups in total. The van der Waals surface area contributed by atoms with Gasteiger partial charge < -0.3 is 13.9 Å². The van der Waals surface area contributed by atoms with Crippen LogP contribution in [0.2, 0.25) is 0 Å². The molecule has 0 aliphatic heterocycles. The van der Waals surface area contributed by atoms with Crippen LogP contribution >= 0.6 is 31.9 Å². The molecule has 59 heavy (non-hydrogen) atoms. The Kier molecular flexibility index (Phi) is 8.80. The first-order valence-corrected chi connectivity index (χ1v) is 21.2. The first-order valence-electron chi connectivity index (χ1n) is 19.6. The minimum absolute atomic E-state index is 0.804. The van der Waals surface area contributed by atoms with E-state index >= 15 is 0 Å². The lowest BCUT2D eigenvalue weighted by Crippen LogP contribution is -2.10. The van der Waals surface area contributed by atoms with Crippen LogP contribution in [-0.4, -0.2) is 4.57 Å². The van der Waals surface area contributed by atoms with Crippen LogP contribution in [-0.2, 0) is 0 Å². The summed E-state index contributed by atoms with van der Waals surface area (Å²) in [6, 6.07) is 73.2. The third-order valence-corrected chi connectivity index (χ3v) is 12.7. The molecule has 0 atom stereocenters. The van der Waals surface area contributed by atoms with Gasteiger partial charge in [0.2, 0.25) is 0 Å². The van der Waals surface area contributed by atoms with Crippen LogP contribution in [0.25, 0.3) is 82.8 Å². The highest BCUT2D eigenvalue weighted by Crippen LogP contribution is 2.48. The number of nitrogens with zero attached hydrogens (tertiary/aromatic N) is 2. The van der Waals surface area contributed by atoms with Crippen molar-refractivity contribution in [3.05, 3.63) is 215 Å². The topological polar surface area (TPSA) is 21.3 Å². The van der Waals surface area contributed by atoms with Crippen molar-refractivity contribution in [3.63, 3.8) is 0 Å². The summed E-state index contributed by atoms with van der Waals surface area (Å²) >= 11 is 7.84. The van der Waals surface area contributed by atoms with Gasteiger partial charge in [-0.1, -0.05) is 159 Å². The third-order valence-electron chi connectivity index (χ3n) is 11.4. The van der Waals surface area contributed by atoms with Gasteiger partial charge in [-0.2, -0.15) is 0 Å². The largest absolute Gasteiger partial charge is 0.453 e. The average molecular weight is 887 g/mol. The van der Waals surface area contributed by atoms with Gasteiger partial charge in [-0.25, -0.2) is 0 Å². The molecule has 0 bridgehead atoms. The van der Waals surface area contributed by atoms with E-state index in [0.29, 0.717) is 0 Å². The minimum atomic E-state index is 0.804. The van der Waals surface area contributed by atoms with Gasteiger partial charge in [0.25, 0.3) is 0 Å². The van der Waals surface area contributed by atoms with E-state index in [2.05, 4.69) is 242 Å². The molecule has 0 fully saturated rings. The van der Waals surface area contributed by atoms with Crippen molar-refractivity contribution in [2.75, 3.05) is 4.90 Å². The fourth-order valence-corrected chi connectivity index (χ4v) is 9.60. The Hall–Kier alpha value is -6.66.